The van der Waals surface area contributed by atoms with E-state index in [0.29, 0.717) is 19.3 Å². The van der Waals surface area contributed by atoms with Crippen LogP contribution in [0.1, 0.15) is 72.6 Å². The molecule has 0 aromatic rings. The van der Waals surface area contributed by atoms with Gasteiger partial charge in [0, 0.05) is 45.5 Å². The molecule has 7 heteroatoms. The van der Waals surface area contributed by atoms with Gasteiger partial charge >= 0.3 is 5.97 Å². The van der Waals surface area contributed by atoms with Crippen LogP contribution in [0.25, 0.3) is 0 Å². The smallest absolute Gasteiger partial charge is 0.313 e. The first-order valence-electron chi connectivity index (χ1n) is 8.51. The molecule has 0 radical (unpaired) electrons. The second-order valence-electron chi connectivity index (χ2n) is 5.96. The van der Waals surface area contributed by atoms with E-state index >= 15 is 0 Å². The molecule has 0 aromatic heterocycles. The fourth-order valence-electron chi connectivity index (χ4n) is 2.47. The number of carbonyl (C=O) groups is 5. The van der Waals surface area contributed by atoms with E-state index in [1.807, 2.05) is 0 Å². The summed E-state index contributed by atoms with van der Waals surface area (Å²) in [5.41, 5.74) is -1.92. The van der Waals surface area contributed by atoms with Crippen LogP contribution in [0.3, 0.4) is 0 Å². The Morgan fingerprint density at radius 3 is 1.40 bits per heavy atom. The standard InChI is InChI=1S/C18H28O6.Zr/c1-5-8-14(20)18(15(21)9-6-2,16(22)10-7-3)12-24-17(23)11-13(4)19;/h5-12H2,1-4H3;. The van der Waals surface area contributed by atoms with E-state index in [1.54, 1.807) is 20.8 Å². The van der Waals surface area contributed by atoms with E-state index in [4.69, 9.17) is 4.74 Å². The minimum absolute atomic E-state index is 0. The number of ether oxygens (including phenoxy) is 1. The molecule has 140 valence electrons. The second-order valence-corrected chi connectivity index (χ2v) is 5.96. The Bertz CT molecular complexity index is 452. The maximum absolute atomic E-state index is 12.6. The van der Waals surface area contributed by atoms with Gasteiger partial charge in [-0.3, -0.25) is 24.0 Å². The predicted octanol–water partition coefficient (Wildman–Crippen LogP) is 2.60. The number of rotatable bonds is 13. The van der Waals surface area contributed by atoms with E-state index in [0.717, 1.165) is 0 Å². The van der Waals surface area contributed by atoms with E-state index < -0.39 is 41.8 Å². The van der Waals surface area contributed by atoms with Gasteiger partial charge in [0.1, 0.15) is 18.8 Å². The summed E-state index contributed by atoms with van der Waals surface area (Å²) in [5.74, 6) is -2.72. The molecule has 0 saturated heterocycles. The van der Waals surface area contributed by atoms with Crippen molar-refractivity contribution in [1.29, 1.82) is 0 Å². The summed E-state index contributed by atoms with van der Waals surface area (Å²) in [4.78, 5) is 60.5. The largest absolute Gasteiger partial charge is 0.463 e. The van der Waals surface area contributed by atoms with Crippen LogP contribution in [-0.4, -0.2) is 35.7 Å². The Kier molecular flexibility index (Phi) is 13.9. The molecule has 0 atom stereocenters. The summed E-state index contributed by atoms with van der Waals surface area (Å²) >= 11 is 0. The van der Waals surface area contributed by atoms with Crippen LogP contribution in [-0.2, 0) is 54.9 Å². The van der Waals surface area contributed by atoms with Gasteiger partial charge in [0.15, 0.2) is 22.8 Å². The summed E-state index contributed by atoms with van der Waals surface area (Å²) in [7, 11) is 0. The van der Waals surface area contributed by atoms with Gasteiger partial charge in [-0.25, -0.2) is 0 Å². The van der Waals surface area contributed by atoms with Gasteiger partial charge in [-0.2, -0.15) is 0 Å². The third-order valence-corrected chi connectivity index (χ3v) is 3.70. The molecule has 0 heterocycles. The Labute approximate surface area is 168 Å². The third kappa shape index (κ3) is 7.85. The van der Waals surface area contributed by atoms with Crippen molar-refractivity contribution in [1.82, 2.24) is 0 Å². The molecule has 0 aromatic carbocycles. The number of esters is 1. The molecule has 0 saturated carbocycles. The maximum atomic E-state index is 12.6. The predicted molar refractivity (Wildman–Crippen MR) is 88.4 cm³/mol. The van der Waals surface area contributed by atoms with Crippen molar-refractivity contribution in [3.8, 4) is 0 Å². The topological polar surface area (TPSA) is 94.6 Å². The molecule has 0 unspecified atom stereocenters. The van der Waals surface area contributed by atoms with Gasteiger partial charge < -0.3 is 4.74 Å². The first kappa shape index (κ1) is 26.3. The quantitative estimate of drug-likeness (QED) is 0.329. The van der Waals surface area contributed by atoms with Gasteiger partial charge in [0.25, 0.3) is 0 Å². The average molecular weight is 432 g/mol. The van der Waals surface area contributed by atoms with Crippen molar-refractivity contribution in [2.75, 3.05) is 6.61 Å². The zero-order valence-electron chi connectivity index (χ0n) is 15.6. The minimum atomic E-state index is -1.92. The number of hydrogen-bond acceptors (Lipinski definition) is 6. The van der Waals surface area contributed by atoms with E-state index in [9.17, 15) is 24.0 Å². The van der Waals surface area contributed by atoms with Crippen molar-refractivity contribution in [2.45, 2.75) is 72.6 Å². The molecule has 0 fully saturated rings. The first-order chi connectivity index (χ1) is 11.3. The number of ketones is 4. The molecule has 0 bridgehead atoms. The van der Waals surface area contributed by atoms with Gasteiger partial charge in [0.2, 0.25) is 0 Å². The second kappa shape index (κ2) is 13.3. The van der Waals surface area contributed by atoms with Crippen LogP contribution in [0, 0.1) is 5.41 Å². The van der Waals surface area contributed by atoms with Gasteiger partial charge in [0.05, 0.1) is 0 Å². The fourth-order valence-corrected chi connectivity index (χ4v) is 2.47. The molecule has 0 amide bonds. The summed E-state index contributed by atoms with van der Waals surface area (Å²) in [6.45, 7) is 5.97. The van der Waals surface area contributed by atoms with Crippen molar-refractivity contribution in [2.24, 2.45) is 5.41 Å². The molecule has 6 nitrogen and oxygen atoms in total. The van der Waals surface area contributed by atoms with E-state index in [1.165, 1.54) is 6.92 Å². The van der Waals surface area contributed by atoms with Crippen LogP contribution in [0.2, 0.25) is 0 Å². The van der Waals surface area contributed by atoms with E-state index in [2.05, 4.69) is 0 Å². The van der Waals surface area contributed by atoms with Crippen molar-refractivity contribution >= 4 is 29.1 Å². The summed E-state index contributed by atoms with van der Waals surface area (Å²) < 4.78 is 5.00. The van der Waals surface area contributed by atoms with E-state index in [-0.39, 0.29) is 51.2 Å². The average Bonchev–Trinajstić information content (AvgIpc) is 2.48. The zero-order valence-corrected chi connectivity index (χ0v) is 18.1. The van der Waals surface area contributed by atoms with Crippen LogP contribution >= 0.6 is 0 Å². The molecular weight excluding hydrogens is 403 g/mol. The Hall–Kier alpha value is -0.967. The molecule has 0 aliphatic heterocycles. The van der Waals surface area contributed by atoms with Crippen molar-refractivity contribution < 1.29 is 54.9 Å². The van der Waals surface area contributed by atoms with Gasteiger partial charge in [-0.1, -0.05) is 20.8 Å². The van der Waals surface area contributed by atoms with Gasteiger partial charge in [-0.15, -0.1) is 0 Å². The van der Waals surface area contributed by atoms with Crippen LogP contribution in [0.5, 0.6) is 0 Å². The summed E-state index contributed by atoms with van der Waals surface area (Å²) in [6, 6.07) is 0. The molecular formula is C18H28O6Zr. The van der Waals surface area contributed by atoms with Crippen molar-refractivity contribution in [3.63, 3.8) is 0 Å². The Morgan fingerprint density at radius 2 is 1.12 bits per heavy atom. The molecule has 25 heavy (non-hydrogen) atoms. The maximum Gasteiger partial charge on any atom is 0.313 e. The Balaban J connectivity index is 0. The normalized spacial score (nSPS) is 10.6. The molecule has 0 rings (SSSR count). The molecule has 0 N–H and O–H groups in total. The first-order valence-corrected chi connectivity index (χ1v) is 8.51. The Morgan fingerprint density at radius 1 is 0.760 bits per heavy atom. The van der Waals surface area contributed by atoms with Crippen molar-refractivity contribution in [3.05, 3.63) is 0 Å². The third-order valence-electron chi connectivity index (χ3n) is 3.70. The zero-order chi connectivity index (χ0) is 18.8. The van der Waals surface area contributed by atoms with Gasteiger partial charge in [-0.05, 0) is 26.2 Å². The fraction of sp³-hybridized carbons (Fsp3) is 0.722. The number of hydrogen-bond donors (Lipinski definition) is 0. The molecule has 0 aliphatic carbocycles. The van der Waals surface area contributed by atoms with Crippen LogP contribution in [0.15, 0.2) is 0 Å². The number of Topliss-reactive ketones (excluding diaryl/α,β-unsaturated/α-hetero) is 4. The molecule has 0 aliphatic rings. The molecule has 0 spiro atoms. The SMILES string of the molecule is CCCC(=O)C(COC(=O)CC(C)=O)(C(=O)CCC)C(=O)CCC.[Zr]. The monoisotopic (exact) mass is 430 g/mol. The summed E-state index contributed by atoms with van der Waals surface area (Å²) in [6.07, 6.45) is 1.21. The number of carbonyl (C=O) groups excluding carboxylic acids is 5. The summed E-state index contributed by atoms with van der Waals surface area (Å²) in [5, 5.41) is 0. The van der Waals surface area contributed by atoms with Crippen LogP contribution in [0.4, 0.5) is 0 Å². The van der Waals surface area contributed by atoms with Crippen LogP contribution < -0.4 is 0 Å². The minimum Gasteiger partial charge on any atom is -0.463 e.